The summed E-state index contributed by atoms with van der Waals surface area (Å²) in [4.78, 5) is 30.2. The number of imide groups is 1. The third-order valence-corrected chi connectivity index (χ3v) is 4.52. The van der Waals surface area contributed by atoms with E-state index in [1.807, 2.05) is 35.7 Å². The Morgan fingerprint density at radius 3 is 2.76 bits per heavy atom. The standard InChI is InChI=1S/C15H16N4O2/c1-10-4-2-5-12-16-11(8-18(10)12)9-19-13(20)15(6-3-7-15)17-14(19)21/h2,4-5,8H,3,6-7,9H2,1H3,(H,17,21). The maximum Gasteiger partial charge on any atom is 0.325 e. The maximum atomic E-state index is 12.4. The summed E-state index contributed by atoms with van der Waals surface area (Å²) in [6, 6.07) is 5.55. The van der Waals surface area contributed by atoms with Crippen molar-refractivity contribution in [3.05, 3.63) is 35.8 Å². The SMILES string of the molecule is Cc1cccc2nc(CN3C(=O)NC4(CCC4)C3=O)cn12. The minimum atomic E-state index is -0.619. The van der Waals surface area contributed by atoms with E-state index in [-0.39, 0.29) is 18.5 Å². The molecule has 21 heavy (non-hydrogen) atoms. The molecule has 2 aromatic rings. The van der Waals surface area contributed by atoms with Gasteiger partial charge >= 0.3 is 6.03 Å². The van der Waals surface area contributed by atoms with Gasteiger partial charge in [-0.2, -0.15) is 0 Å². The number of carbonyl (C=O) groups is 2. The van der Waals surface area contributed by atoms with Crippen LogP contribution in [0.1, 0.15) is 30.7 Å². The van der Waals surface area contributed by atoms with E-state index in [0.717, 1.165) is 36.3 Å². The predicted octanol–water partition coefficient (Wildman–Crippen LogP) is 1.62. The van der Waals surface area contributed by atoms with E-state index in [0.29, 0.717) is 0 Å². The Labute approximate surface area is 121 Å². The number of nitrogens with one attached hydrogen (secondary N) is 1. The third-order valence-electron chi connectivity index (χ3n) is 4.52. The summed E-state index contributed by atoms with van der Waals surface area (Å²) in [7, 11) is 0. The van der Waals surface area contributed by atoms with Gasteiger partial charge in [0.05, 0.1) is 12.2 Å². The number of hydrogen-bond donors (Lipinski definition) is 1. The molecule has 1 saturated heterocycles. The molecule has 0 unspecified atom stereocenters. The number of pyridine rings is 1. The van der Waals surface area contributed by atoms with Crippen LogP contribution in [-0.4, -0.2) is 31.8 Å². The van der Waals surface area contributed by atoms with Gasteiger partial charge in [-0.15, -0.1) is 0 Å². The van der Waals surface area contributed by atoms with Crippen LogP contribution in [0.3, 0.4) is 0 Å². The number of rotatable bonds is 2. The second-order valence-corrected chi connectivity index (χ2v) is 5.88. The number of nitrogens with zero attached hydrogens (tertiary/aromatic N) is 3. The quantitative estimate of drug-likeness (QED) is 0.852. The van der Waals surface area contributed by atoms with E-state index in [1.165, 1.54) is 4.90 Å². The van der Waals surface area contributed by atoms with Crippen LogP contribution in [-0.2, 0) is 11.3 Å². The molecule has 1 aliphatic heterocycles. The number of carbonyl (C=O) groups excluding carboxylic acids is 2. The first kappa shape index (κ1) is 12.4. The Balaban J connectivity index is 1.64. The molecular weight excluding hydrogens is 268 g/mol. The highest BCUT2D eigenvalue weighted by Crippen LogP contribution is 2.37. The van der Waals surface area contributed by atoms with Gasteiger partial charge in [0, 0.05) is 11.9 Å². The van der Waals surface area contributed by atoms with Gasteiger partial charge in [0.25, 0.3) is 5.91 Å². The van der Waals surface area contributed by atoms with Crippen molar-refractivity contribution in [3.63, 3.8) is 0 Å². The van der Waals surface area contributed by atoms with Crippen LogP contribution in [0.2, 0.25) is 0 Å². The molecule has 0 atom stereocenters. The molecule has 1 aliphatic carbocycles. The molecule has 0 radical (unpaired) electrons. The van der Waals surface area contributed by atoms with Crippen molar-refractivity contribution < 1.29 is 9.59 Å². The van der Waals surface area contributed by atoms with Crippen LogP contribution in [0.25, 0.3) is 5.65 Å². The highest BCUT2D eigenvalue weighted by molar-refractivity contribution is 6.07. The van der Waals surface area contributed by atoms with Crippen LogP contribution >= 0.6 is 0 Å². The topological polar surface area (TPSA) is 66.7 Å². The first-order valence-corrected chi connectivity index (χ1v) is 7.17. The molecule has 2 fully saturated rings. The number of urea groups is 1. The molecule has 1 saturated carbocycles. The van der Waals surface area contributed by atoms with Crippen molar-refractivity contribution >= 4 is 17.6 Å². The van der Waals surface area contributed by atoms with Gasteiger partial charge in [0.1, 0.15) is 11.2 Å². The molecule has 2 aromatic heterocycles. The number of amides is 3. The smallest absolute Gasteiger partial charge is 0.323 e. The van der Waals surface area contributed by atoms with Crippen molar-refractivity contribution in [1.82, 2.24) is 19.6 Å². The summed E-state index contributed by atoms with van der Waals surface area (Å²) in [6.45, 7) is 2.23. The average Bonchev–Trinajstić information content (AvgIpc) is 2.93. The molecule has 0 aromatic carbocycles. The minimum absolute atomic E-state index is 0.104. The van der Waals surface area contributed by atoms with E-state index in [9.17, 15) is 9.59 Å². The molecule has 3 amide bonds. The van der Waals surface area contributed by atoms with Crippen molar-refractivity contribution in [3.8, 4) is 0 Å². The van der Waals surface area contributed by atoms with Crippen molar-refractivity contribution in [2.24, 2.45) is 0 Å². The molecular formula is C15H16N4O2. The molecule has 4 rings (SSSR count). The highest BCUT2D eigenvalue weighted by Gasteiger charge is 2.54. The normalized spacial score (nSPS) is 20.1. The van der Waals surface area contributed by atoms with Crippen LogP contribution in [0.4, 0.5) is 4.79 Å². The molecule has 3 heterocycles. The first-order valence-electron chi connectivity index (χ1n) is 7.17. The van der Waals surface area contributed by atoms with Crippen molar-refractivity contribution in [2.45, 2.75) is 38.3 Å². The summed E-state index contributed by atoms with van der Waals surface area (Å²) in [5, 5.41) is 2.83. The lowest BCUT2D eigenvalue weighted by molar-refractivity contribution is -0.134. The number of aryl methyl sites for hydroxylation is 1. The van der Waals surface area contributed by atoms with Crippen LogP contribution in [0.15, 0.2) is 24.4 Å². The van der Waals surface area contributed by atoms with Gasteiger partial charge < -0.3 is 9.72 Å². The lowest BCUT2D eigenvalue weighted by atomic mass is 9.77. The largest absolute Gasteiger partial charge is 0.325 e. The molecule has 2 aliphatic rings. The fourth-order valence-corrected chi connectivity index (χ4v) is 3.13. The van der Waals surface area contributed by atoms with Gasteiger partial charge in [-0.3, -0.25) is 9.69 Å². The Kier molecular flexibility index (Phi) is 2.40. The van der Waals surface area contributed by atoms with E-state index < -0.39 is 5.54 Å². The molecule has 1 spiro atoms. The Morgan fingerprint density at radius 2 is 2.14 bits per heavy atom. The highest BCUT2D eigenvalue weighted by atomic mass is 16.2. The number of aromatic nitrogens is 2. The monoisotopic (exact) mass is 284 g/mol. The zero-order valence-corrected chi connectivity index (χ0v) is 11.8. The minimum Gasteiger partial charge on any atom is -0.323 e. The second-order valence-electron chi connectivity index (χ2n) is 5.88. The molecule has 1 N–H and O–H groups in total. The summed E-state index contributed by atoms with van der Waals surface area (Å²) in [6.07, 6.45) is 4.38. The number of fused-ring (bicyclic) bond motifs is 1. The van der Waals surface area contributed by atoms with Crippen molar-refractivity contribution in [2.75, 3.05) is 0 Å². The number of hydrogen-bond acceptors (Lipinski definition) is 3. The molecule has 6 nitrogen and oxygen atoms in total. The van der Waals surface area contributed by atoms with Crippen LogP contribution in [0.5, 0.6) is 0 Å². The van der Waals surface area contributed by atoms with Crippen LogP contribution < -0.4 is 5.32 Å². The maximum absolute atomic E-state index is 12.4. The summed E-state index contributed by atoms with van der Waals surface area (Å²) in [5.41, 5.74) is 2.00. The Bertz CT molecular complexity index is 760. The fourth-order valence-electron chi connectivity index (χ4n) is 3.13. The lowest BCUT2D eigenvalue weighted by Crippen LogP contribution is -2.52. The Morgan fingerprint density at radius 1 is 1.33 bits per heavy atom. The van der Waals surface area contributed by atoms with Gasteiger partial charge in [-0.05, 0) is 38.3 Å². The third kappa shape index (κ3) is 1.68. The predicted molar refractivity (Wildman–Crippen MR) is 75.6 cm³/mol. The van der Waals surface area contributed by atoms with Gasteiger partial charge in [-0.1, -0.05) is 6.07 Å². The second kappa shape index (κ2) is 4.07. The summed E-state index contributed by atoms with van der Waals surface area (Å²) in [5.74, 6) is -0.104. The lowest BCUT2D eigenvalue weighted by Gasteiger charge is -2.34. The van der Waals surface area contributed by atoms with Gasteiger partial charge in [0.15, 0.2) is 0 Å². The van der Waals surface area contributed by atoms with Crippen LogP contribution in [0, 0.1) is 6.92 Å². The zero-order chi connectivity index (χ0) is 14.6. The van der Waals surface area contributed by atoms with E-state index >= 15 is 0 Å². The molecule has 0 bridgehead atoms. The summed E-state index contributed by atoms with van der Waals surface area (Å²) < 4.78 is 1.97. The van der Waals surface area contributed by atoms with E-state index in [1.54, 1.807) is 0 Å². The first-order chi connectivity index (χ1) is 10.1. The number of imidazole rings is 1. The molecule has 6 heteroatoms. The van der Waals surface area contributed by atoms with Gasteiger partial charge in [-0.25, -0.2) is 9.78 Å². The van der Waals surface area contributed by atoms with E-state index in [4.69, 9.17) is 0 Å². The molecule has 108 valence electrons. The zero-order valence-electron chi connectivity index (χ0n) is 11.8. The van der Waals surface area contributed by atoms with Crippen molar-refractivity contribution in [1.29, 1.82) is 0 Å². The summed E-state index contributed by atoms with van der Waals surface area (Å²) >= 11 is 0. The fraction of sp³-hybridized carbons (Fsp3) is 0.400. The van der Waals surface area contributed by atoms with E-state index in [2.05, 4.69) is 10.3 Å². The average molecular weight is 284 g/mol. The van der Waals surface area contributed by atoms with Gasteiger partial charge in [0.2, 0.25) is 0 Å². The Hall–Kier alpha value is -2.37.